The second-order valence-electron chi connectivity index (χ2n) is 5.60. The summed E-state index contributed by atoms with van der Waals surface area (Å²) in [5.41, 5.74) is 5.47. The molecule has 0 aromatic heterocycles. The van der Waals surface area contributed by atoms with Gasteiger partial charge in [-0.2, -0.15) is 0 Å². The molecule has 2 aliphatic rings. The summed E-state index contributed by atoms with van der Waals surface area (Å²) < 4.78 is 10.8. The SMILES string of the molecule is CCc1ccc2c(c1)CCO2.Cc1ccc2c(c1)CCO2. The van der Waals surface area contributed by atoms with Crippen LogP contribution >= 0.6 is 0 Å². The molecule has 0 saturated heterocycles. The molecule has 2 aromatic rings. The van der Waals surface area contributed by atoms with Crippen molar-refractivity contribution in [2.75, 3.05) is 13.2 Å². The van der Waals surface area contributed by atoms with Crippen LogP contribution in [0.1, 0.15) is 29.2 Å². The number of fused-ring (bicyclic) bond motifs is 2. The molecule has 2 nitrogen and oxygen atoms in total. The van der Waals surface area contributed by atoms with E-state index < -0.39 is 0 Å². The van der Waals surface area contributed by atoms with E-state index >= 15 is 0 Å². The standard InChI is InChI=1S/C10H12O.C9H10O/c1-2-8-3-4-10-9(7-8)5-6-11-10;1-7-2-3-9-8(6-7)4-5-10-9/h3-4,7H,2,5-6H2,1H3;2-3,6H,4-5H2,1H3. The second kappa shape index (κ2) is 6.21. The maximum absolute atomic E-state index is 5.40. The molecule has 110 valence electrons. The quantitative estimate of drug-likeness (QED) is 0.783. The summed E-state index contributed by atoms with van der Waals surface area (Å²) >= 11 is 0. The molecule has 0 saturated carbocycles. The maximum Gasteiger partial charge on any atom is 0.122 e. The van der Waals surface area contributed by atoms with E-state index in [9.17, 15) is 0 Å². The Bertz CT molecular complexity index is 631. The first-order valence-electron chi connectivity index (χ1n) is 7.73. The molecule has 0 radical (unpaired) electrons. The normalized spacial score (nSPS) is 14.4. The topological polar surface area (TPSA) is 18.5 Å². The molecule has 2 heteroatoms. The van der Waals surface area contributed by atoms with Gasteiger partial charge in [-0.1, -0.05) is 36.8 Å². The Hall–Kier alpha value is -1.96. The fourth-order valence-electron chi connectivity index (χ4n) is 2.78. The van der Waals surface area contributed by atoms with Crippen LogP contribution in [0.2, 0.25) is 0 Å². The Balaban J connectivity index is 0.000000126. The minimum atomic E-state index is 0.860. The predicted molar refractivity (Wildman–Crippen MR) is 85.4 cm³/mol. The molecule has 0 unspecified atom stereocenters. The van der Waals surface area contributed by atoms with Crippen LogP contribution in [0.4, 0.5) is 0 Å². The molecule has 0 spiro atoms. The number of hydrogen-bond donors (Lipinski definition) is 0. The summed E-state index contributed by atoms with van der Waals surface area (Å²) in [7, 11) is 0. The third-order valence-corrected chi connectivity index (χ3v) is 4.01. The van der Waals surface area contributed by atoms with Crippen molar-refractivity contribution in [3.05, 3.63) is 58.7 Å². The summed E-state index contributed by atoms with van der Waals surface area (Å²) in [5.74, 6) is 2.16. The first-order valence-corrected chi connectivity index (χ1v) is 7.73. The molecular weight excluding hydrogens is 260 g/mol. The fraction of sp³-hybridized carbons (Fsp3) is 0.368. The molecule has 2 aliphatic heterocycles. The summed E-state index contributed by atoms with van der Waals surface area (Å²) in [6.07, 6.45) is 3.29. The Labute approximate surface area is 126 Å². The molecule has 21 heavy (non-hydrogen) atoms. The first-order chi connectivity index (χ1) is 10.3. The van der Waals surface area contributed by atoms with Crippen LogP contribution in [0.25, 0.3) is 0 Å². The van der Waals surface area contributed by atoms with Crippen LogP contribution in [0, 0.1) is 6.92 Å². The third kappa shape index (κ3) is 3.21. The van der Waals surface area contributed by atoms with Gasteiger partial charge >= 0.3 is 0 Å². The van der Waals surface area contributed by atoms with E-state index in [0.717, 1.165) is 44.0 Å². The van der Waals surface area contributed by atoms with Gasteiger partial charge in [-0.15, -0.1) is 0 Å². The van der Waals surface area contributed by atoms with Gasteiger partial charge in [-0.25, -0.2) is 0 Å². The number of ether oxygens (including phenoxy) is 2. The Morgan fingerprint density at radius 1 is 0.857 bits per heavy atom. The van der Waals surface area contributed by atoms with Gasteiger partial charge in [0.2, 0.25) is 0 Å². The summed E-state index contributed by atoms with van der Waals surface area (Å²) in [5, 5.41) is 0. The number of aryl methyl sites for hydroxylation is 2. The molecule has 4 rings (SSSR count). The largest absolute Gasteiger partial charge is 0.493 e. The van der Waals surface area contributed by atoms with Crippen LogP contribution < -0.4 is 9.47 Å². The van der Waals surface area contributed by atoms with Crippen molar-refractivity contribution in [3.63, 3.8) is 0 Å². The summed E-state index contributed by atoms with van der Waals surface area (Å²) in [4.78, 5) is 0. The van der Waals surface area contributed by atoms with Crippen molar-refractivity contribution < 1.29 is 9.47 Å². The van der Waals surface area contributed by atoms with E-state index in [1.165, 1.54) is 22.3 Å². The van der Waals surface area contributed by atoms with E-state index in [4.69, 9.17) is 9.47 Å². The molecule has 0 atom stereocenters. The highest BCUT2D eigenvalue weighted by Gasteiger charge is 2.11. The lowest BCUT2D eigenvalue weighted by Crippen LogP contribution is -1.85. The Morgan fingerprint density at radius 2 is 1.48 bits per heavy atom. The summed E-state index contributed by atoms with van der Waals surface area (Å²) in [6.45, 7) is 6.01. The maximum atomic E-state index is 5.40. The van der Waals surface area contributed by atoms with Crippen LogP contribution in [0.3, 0.4) is 0 Å². The van der Waals surface area contributed by atoms with E-state index in [-0.39, 0.29) is 0 Å². The highest BCUT2D eigenvalue weighted by atomic mass is 16.5. The minimum Gasteiger partial charge on any atom is -0.493 e. The third-order valence-electron chi connectivity index (χ3n) is 4.01. The van der Waals surface area contributed by atoms with Gasteiger partial charge in [0.1, 0.15) is 11.5 Å². The molecular formula is C19H22O2. The highest BCUT2D eigenvalue weighted by Crippen LogP contribution is 2.26. The highest BCUT2D eigenvalue weighted by molar-refractivity contribution is 5.40. The zero-order valence-corrected chi connectivity index (χ0v) is 12.8. The molecule has 0 N–H and O–H groups in total. The monoisotopic (exact) mass is 282 g/mol. The first kappa shape index (κ1) is 14.0. The molecule has 0 bridgehead atoms. The van der Waals surface area contributed by atoms with Crippen molar-refractivity contribution in [2.24, 2.45) is 0 Å². The molecule has 2 heterocycles. The summed E-state index contributed by atoms with van der Waals surface area (Å²) in [6, 6.07) is 12.8. The Morgan fingerprint density at radius 3 is 2.14 bits per heavy atom. The number of hydrogen-bond acceptors (Lipinski definition) is 2. The lowest BCUT2D eigenvalue weighted by atomic mass is 10.1. The van der Waals surface area contributed by atoms with Gasteiger partial charge in [-0.05, 0) is 42.2 Å². The van der Waals surface area contributed by atoms with Gasteiger partial charge in [0.05, 0.1) is 13.2 Å². The van der Waals surface area contributed by atoms with Gasteiger partial charge in [0.25, 0.3) is 0 Å². The fourth-order valence-corrected chi connectivity index (χ4v) is 2.78. The van der Waals surface area contributed by atoms with Crippen molar-refractivity contribution in [3.8, 4) is 11.5 Å². The lowest BCUT2D eigenvalue weighted by Gasteiger charge is -2.00. The molecule has 0 amide bonds. The van der Waals surface area contributed by atoms with E-state index in [0.29, 0.717) is 0 Å². The molecule has 0 fully saturated rings. The van der Waals surface area contributed by atoms with Gasteiger partial charge in [0.15, 0.2) is 0 Å². The van der Waals surface area contributed by atoms with Crippen molar-refractivity contribution in [2.45, 2.75) is 33.1 Å². The smallest absolute Gasteiger partial charge is 0.122 e. The number of rotatable bonds is 1. The average molecular weight is 282 g/mol. The molecule has 0 aliphatic carbocycles. The van der Waals surface area contributed by atoms with Crippen LogP contribution in [0.15, 0.2) is 36.4 Å². The van der Waals surface area contributed by atoms with Crippen LogP contribution in [0.5, 0.6) is 11.5 Å². The van der Waals surface area contributed by atoms with Crippen molar-refractivity contribution >= 4 is 0 Å². The van der Waals surface area contributed by atoms with Gasteiger partial charge in [0, 0.05) is 12.8 Å². The predicted octanol–water partition coefficient (Wildman–Crippen LogP) is 4.11. The Kier molecular flexibility index (Phi) is 4.14. The lowest BCUT2D eigenvalue weighted by molar-refractivity contribution is 0.356. The van der Waals surface area contributed by atoms with Gasteiger partial charge in [-0.3, -0.25) is 0 Å². The zero-order chi connectivity index (χ0) is 14.7. The molecule has 2 aromatic carbocycles. The van der Waals surface area contributed by atoms with Crippen molar-refractivity contribution in [1.82, 2.24) is 0 Å². The van der Waals surface area contributed by atoms with E-state index in [1.54, 1.807) is 0 Å². The van der Waals surface area contributed by atoms with E-state index in [1.807, 2.05) is 0 Å². The number of benzene rings is 2. The van der Waals surface area contributed by atoms with E-state index in [2.05, 4.69) is 50.2 Å². The van der Waals surface area contributed by atoms with Crippen LogP contribution in [-0.4, -0.2) is 13.2 Å². The average Bonchev–Trinajstić information content (AvgIpc) is 3.15. The van der Waals surface area contributed by atoms with Crippen LogP contribution in [-0.2, 0) is 19.3 Å². The second-order valence-corrected chi connectivity index (χ2v) is 5.60. The van der Waals surface area contributed by atoms with Crippen molar-refractivity contribution in [1.29, 1.82) is 0 Å². The van der Waals surface area contributed by atoms with Gasteiger partial charge < -0.3 is 9.47 Å². The minimum absolute atomic E-state index is 0.860. The zero-order valence-electron chi connectivity index (χ0n) is 12.8.